The van der Waals surface area contributed by atoms with Crippen LogP contribution in [0.5, 0.6) is 11.5 Å². The van der Waals surface area contributed by atoms with E-state index in [2.05, 4.69) is 47.6 Å². The van der Waals surface area contributed by atoms with Crippen molar-refractivity contribution in [1.29, 1.82) is 0 Å². The van der Waals surface area contributed by atoms with Crippen LogP contribution in [-0.2, 0) is 11.0 Å². The zero-order chi connectivity index (χ0) is 15.6. The average molecular weight is 308 g/mol. The van der Waals surface area contributed by atoms with Crippen molar-refractivity contribution in [2.24, 2.45) is 0 Å². The van der Waals surface area contributed by atoms with Crippen LogP contribution in [0.3, 0.4) is 0 Å². The van der Waals surface area contributed by atoms with Gasteiger partial charge in [0.1, 0.15) is 0 Å². The SMILES string of the molecule is CC(C)[Si](OCc1ccc2c(c1)OCO2)(C(C)C)C(C)C. The molecule has 0 bridgehead atoms. The molecule has 0 aromatic heterocycles. The quantitative estimate of drug-likeness (QED) is 0.684. The number of ether oxygens (including phenoxy) is 2. The molecule has 0 amide bonds. The third-order valence-electron chi connectivity index (χ3n) is 4.63. The summed E-state index contributed by atoms with van der Waals surface area (Å²) in [7, 11) is -1.81. The van der Waals surface area contributed by atoms with Crippen LogP contribution in [0.1, 0.15) is 47.1 Å². The summed E-state index contributed by atoms with van der Waals surface area (Å²) in [5.41, 5.74) is 2.97. The lowest BCUT2D eigenvalue weighted by molar-refractivity contribution is 0.174. The Morgan fingerprint density at radius 3 is 2.10 bits per heavy atom. The molecule has 1 aromatic rings. The summed E-state index contributed by atoms with van der Waals surface area (Å²) < 4.78 is 17.4. The Kier molecular flexibility index (Phi) is 4.99. The van der Waals surface area contributed by atoms with E-state index in [0.717, 1.165) is 17.1 Å². The molecule has 1 aliphatic heterocycles. The van der Waals surface area contributed by atoms with Crippen LogP contribution >= 0.6 is 0 Å². The molecule has 0 spiro atoms. The Hall–Kier alpha value is -1.00. The van der Waals surface area contributed by atoms with E-state index in [-0.39, 0.29) is 0 Å². The van der Waals surface area contributed by atoms with Gasteiger partial charge in [-0.1, -0.05) is 47.6 Å². The second-order valence-electron chi connectivity index (χ2n) is 6.79. The molecule has 0 aliphatic carbocycles. The van der Waals surface area contributed by atoms with E-state index in [0.29, 0.717) is 30.0 Å². The largest absolute Gasteiger partial charge is 0.454 e. The zero-order valence-electron chi connectivity index (χ0n) is 14.1. The Bertz CT molecular complexity index is 461. The molecule has 1 aromatic carbocycles. The fraction of sp³-hybridized carbons (Fsp3) is 0.647. The summed E-state index contributed by atoms with van der Waals surface area (Å²) in [5, 5.41) is 0. The number of hydrogen-bond acceptors (Lipinski definition) is 3. The van der Waals surface area contributed by atoms with Crippen molar-refractivity contribution in [3.05, 3.63) is 23.8 Å². The van der Waals surface area contributed by atoms with E-state index >= 15 is 0 Å². The van der Waals surface area contributed by atoms with Gasteiger partial charge in [0.05, 0.1) is 6.61 Å². The fourth-order valence-corrected chi connectivity index (χ4v) is 9.16. The normalized spacial score (nSPS) is 14.5. The standard InChI is InChI=1S/C17H28O3Si/c1-12(2)21(13(3)4,14(5)6)20-10-15-7-8-16-17(9-15)19-11-18-16/h7-9,12-14H,10-11H2,1-6H3. The fourth-order valence-electron chi connectivity index (χ4n) is 3.74. The molecule has 1 aliphatic rings. The zero-order valence-corrected chi connectivity index (χ0v) is 15.1. The van der Waals surface area contributed by atoms with Gasteiger partial charge in [0.2, 0.25) is 15.1 Å². The molecule has 4 heteroatoms. The van der Waals surface area contributed by atoms with Gasteiger partial charge in [-0.2, -0.15) is 0 Å². The van der Waals surface area contributed by atoms with Crippen LogP contribution in [0.2, 0.25) is 16.6 Å². The van der Waals surface area contributed by atoms with Crippen molar-refractivity contribution in [1.82, 2.24) is 0 Å². The lowest BCUT2D eigenvalue weighted by Crippen LogP contribution is -2.47. The van der Waals surface area contributed by atoms with Gasteiger partial charge in [-0.15, -0.1) is 0 Å². The monoisotopic (exact) mass is 308 g/mol. The third kappa shape index (κ3) is 3.11. The second-order valence-corrected chi connectivity index (χ2v) is 12.3. The van der Waals surface area contributed by atoms with Crippen LogP contribution in [0.15, 0.2) is 18.2 Å². The first-order chi connectivity index (χ1) is 9.87. The summed E-state index contributed by atoms with van der Waals surface area (Å²) >= 11 is 0. The highest BCUT2D eigenvalue weighted by atomic mass is 28.4. The first-order valence-corrected chi connectivity index (χ1v) is 10.0. The number of hydrogen-bond donors (Lipinski definition) is 0. The van der Waals surface area contributed by atoms with Crippen LogP contribution in [0.25, 0.3) is 0 Å². The average Bonchev–Trinajstić information content (AvgIpc) is 2.85. The Morgan fingerprint density at radius 2 is 1.52 bits per heavy atom. The van der Waals surface area contributed by atoms with E-state index in [1.165, 1.54) is 0 Å². The van der Waals surface area contributed by atoms with Gasteiger partial charge < -0.3 is 13.9 Å². The van der Waals surface area contributed by atoms with Crippen molar-refractivity contribution in [3.63, 3.8) is 0 Å². The van der Waals surface area contributed by atoms with Crippen molar-refractivity contribution in [3.8, 4) is 11.5 Å². The van der Waals surface area contributed by atoms with Gasteiger partial charge >= 0.3 is 0 Å². The van der Waals surface area contributed by atoms with Crippen LogP contribution in [0, 0.1) is 0 Å². The van der Waals surface area contributed by atoms with Crippen LogP contribution < -0.4 is 9.47 Å². The van der Waals surface area contributed by atoms with E-state index in [1.54, 1.807) is 0 Å². The van der Waals surface area contributed by atoms with Gasteiger partial charge in [0.25, 0.3) is 0 Å². The molecule has 0 atom stereocenters. The van der Waals surface area contributed by atoms with E-state index in [1.807, 2.05) is 12.1 Å². The maximum atomic E-state index is 6.60. The minimum Gasteiger partial charge on any atom is -0.454 e. The van der Waals surface area contributed by atoms with Gasteiger partial charge in [-0.05, 0) is 34.3 Å². The van der Waals surface area contributed by atoms with E-state index in [4.69, 9.17) is 13.9 Å². The molecule has 3 nitrogen and oxygen atoms in total. The molecule has 0 saturated carbocycles. The molecule has 21 heavy (non-hydrogen) atoms. The molecule has 0 saturated heterocycles. The molecule has 0 N–H and O–H groups in total. The number of benzene rings is 1. The Balaban J connectivity index is 2.15. The molecule has 0 radical (unpaired) electrons. The lowest BCUT2D eigenvalue weighted by atomic mass is 10.2. The predicted molar refractivity (Wildman–Crippen MR) is 88.4 cm³/mol. The maximum absolute atomic E-state index is 6.60. The predicted octanol–water partition coefficient (Wildman–Crippen LogP) is 5.11. The molecular formula is C17H28O3Si. The summed E-state index contributed by atoms with van der Waals surface area (Å²) in [6.07, 6.45) is 0. The second kappa shape index (κ2) is 6.40. The third-order valence-corrected chi connectivity index (χ3v) is 10.7. The van der Waals surface area contributed by atoms with Gasteiger partial charge in [0, 0.05) is 0 Å². The minimum absolute atomic E-state index is 0.322. The number of rotatable bonds is 6. The molecule has 118 valence electrons. The first-order valence-electron chi connectivity index (χ1n) is 7.90. The van der Waals surface area contributed by atoms with E-state index < -0.39 is 8.32 Å². The summed E-state index contributed by atoms with van der Waals surface area (Å²) in [6.45, 7) is 14.9. The highest BCUT2D eigenvalue weighted by Gasteiger charge is 2.44. The van der Waals surface area contributed by atoms with Crippen LogP contribution in [0.4, 0.5) is 0 Å². The highest BCUT2D eigenvalue weighted by molar-refractivity contribution is 6.77. The molecule has 0 unspecified atom stereocenters. The minimum atomic E-state index is -1.81. The smallest absolute Gasteiger partial charge is 0.231 e. The highest BCUT2D eigenvalue weighted by Crippen LogP contribution is 2.43. The topological polar surface area (TPSA) is 27.7 Å². The molecule has 2 rings (SSSR count). The molecular weight excluding hydrogens is 280 g/mol. The number of fused-ring (bicyclic) bond motifs is 1. The van der Waals surface area contributed by atoms with Gasteiger partial charge in [0.15, 0.2) is 11.5 Å². The summed E-state index contributed by atoms with van der Waals surface area (Å²) in [4.78, 5) is 0. The van der Waals surface area contributed by atoms with Gasteiger partial charge in [-0.25, -0.2) is 0 Å². The Morgan fingerprint density at radius 1 is 0.952 bits per heavy atom. The van der Waals surface area contributed by atoms with Crippen LogP contribution in [-0.4, -0.2) is 15.1 Å². The van der Waals surface area contributed by atoms with Crippen molar-refractivity contribution >= 4 is 8.32 Å². The van der Waals surface area contributed by atoms with Crippen molar-refractivity contribution < 1.29 is 13.9 Å². The van der Waals surface area contributed by atoms with Crippen molar-refractivity contribution in [2.75, 3.05) is 6.79 Å². The lowest BCUT2D eigenvalue weighted by Gasteiger charge is -2.42. The van der Waals surface area contributed by atoms with Gasteiger partial charge in [-0.3, -0.25) is 0 Å². The maximum Gasteiger partial charge on any atom is 0.231 e. The summed E-state index contributed by atoms with van der Waals surface area (Å²) in [6, 6.07) is 6.10. The molecule has 1 heterocycles. The first kappa shape index (κ1) is 16.4. The summed E-state index contributed by atoms with van der Waals surface area (Å²) in [5.74, 6) is 1.67. The molecule has 0 fully saturated rings. The van der Waals surface area contributed by atoms with Crippen molar-refractivity contribution in [2.45, 2.75) is 64.8 Å². The van der Waals surface area contributed by atoms with E-state index in [9.17, 15) is 0 Å². The Labute approximate surface area is 129 Å².